The Kier molecular flexibility index (Phi) is 6.87. The Morgan fingerprint density at radius 3 is 2.40 bits per heavy atom. The maximum absolute atomic E-state index is 12.5. The van der Waals surface area contributed by atoms with Crippen LogP contribution in [0.15, 0.2) is 35.2 Å². The third-order valence-electron chi connectivity index (χ3n) is 3.55. The van der Waals surface area contributed by atoms with E-state index < -0.39 is 0 Å². The molecule has 4 nitrogen and oxygen atoms in total. The molecule has 0 aromatic heterocycles. The lowest BCUT2D eigenvalue weighted by Crippen LogP contribution is -2.23. The molecule has 1 N–H and O–H groups in total. The van der Waals surface area contributed by atoms with E-state index in [0.29, 0.717) is 27.2 Å². The number of carbonyl (C=O) groups excluding carboxylic acids is 1. The van der Waals surface area contributed by atoms with E-state index in [4.69, 9.17) is 32.7 Å². The fourth-order valence-corrected chi connectivity index (χ4v) is 3.57. The van der Waals surface area contributed by atoms with Gasteiger partial charge in [-0.15, -0.1) is 11.8 Å². The smallest absolute Gasteiger partial charge is 0.237 e. The number of anilines is 1. The summed E-state index contributed by atoms with van der Waals surface area (Å²) in [4.78, 5) is 13.3. The van der Waals surface area contributed by atoms with E-state index in [1.807, 2.05) is 19.9 Å². The molecule has 0 aliphatic heterocycles. The van der Waals surface area contributed by atoms with Gasteiger partial charge in [0.15, 0.2) is 11.5 Å². The van der Waals surface area contributed by atoms with E-state index in [0.717, 1.165) is 10.5 Å². The van der Waals surface area contributed by atoms with E-state index in [2.05, 4.69) is 5.32 Å². The first kappa shape index (κ1) is 19.8. The minimum Gasteiger partial charge on any atom is -0.493 e. The number of amides is 1. The minimum atomic E-state index is -0.358. The van der Waals surface area contributed by atoms with Crippen molar-refractivity contribution >= 4 is 46.6 Å². The molecule has 25 heavy (non-hydrogen) atoms. The SMILES string of the molecule is COc1cc(C)c(NC(=O)C(C)Sc2cc(Cl)ccc2Cl)cc1OC. The second kappa shape index (κ2) is 8.70. The zero-order valence-corrected chi connectivity index (χ0v) is 16.7. The molecule has 134 valence electrons. The molecule has 2 aromatic carbocycles. The molecule has 0 saturated carbocycles. The lowest BCUT2D eigenvalue weighted by Gasteiger charge is -2.16. The molecule has 1 atom stereocenters. The number of thioether (sulfide) groups is 1. The molecule has 0 aliphatic rings. The van der Waals surface area contributed by atoms with E-state index in [9.17, 15) is 4.79 Å². The van der Waals surface area contributed by atoms with Crippen LogP contribution in [0.3, 0.4) is 0 Å². The topological polar surface area (TPSA) is 47.6 Å². The molecule has 1 unspecified atom stereocenters. The van der Waals surface area contributed by atoms with Crippen molar-refractivity contribution in [2.24, 2.45) is 0 Å². The van der Waals surface area contributed by atoms with Crippen molar-refractivity contribution in [2.45, 2.75) is 24.0 Å². The molecule has 0 radical (unpaired) electrons. The quantitative estimate of drug-likeness (QED) is 0.656. The van der Waals surface area contributed by atoms with Crippen LogP contribution in [0.25, 0.3) is 0 Å². The number of rotatable bonds is 6. The maximum Gasteiger partial charge on any atom is 0.237 e. The first-order valence-electron chi connectivity index (χ1n) is 7.51. The van der Waals surface area contributed by atoms with Gasteiger partial charge in [0.25, 0.3) is 0 Å². The molecule has 1 amide bonds. The highest BCUT2D eigenvalue weighted by molar-refractivity contribution is 8.00. The van der Waals surface area contributed by atoms with Crippen LogP contribution in [-0.2, 0) is 4.79 Å². The zero-order valence-electron chi connectivity index (χ0n) is 14.4. The highest BCUT2D eigenvalue weighted by Gasteiger charge is 2.18. The molecular formula is C18H19Cl2NO3S. The van der Waals surface area contributed by atoms with Gasteiger partial charge in [0.05, 0.1) is 24.5 Å². The number of aryl methyl sites for hydroxylation is 1. The summed E-state index contributed by atoms with van der Waals surface area (Å²) in [6.07, 6.45) is 0. The van der Waals surface area contributed by atoms with Gasteiger partial charge in [-0.25, -0.2) is 0 Å². The van der Waals surface area contributed by atoms with Crippen LogP contribution in [-0.4, -0.2) is 25.4 Å². The van der Waals surface area contributed by atoms with Crippen LogP contribution in [0.5, 0.6) is 11.5 Å². The highest BCUT2D eigenvalue weighted by Crippen LogP contribution is 2.35. The summed E-state index contributed by atoms with van der Waals surface area (Å²) in [5.74, 6) is 1.03. The monoisotopic (exact) mass is 399 g/mol. The third-order valence-corrected chi connectivity index (χ3v) is 5.39. The normalized spacial score (nSPS) is 11.8. The number of nitrogens with one attached hydrogen (secondary N) is 1. The van der Waals surface area contributed by atoms with Crippen LogP contribution in [0.2, 0.25) is 10.0 Å². The molecule has 0 spiro atoms. The number of benzene rings is 2. The van der Waals surface area contributed by atoms with Crippen LogP contribution in [0.4, 0.5) is 5.69 Å². The van der Waals surface area contributed by atoms with Crippen molar-refractivity contribution in [1.29, 1.82) is 0 Å². The van der Waals surface area contributed by atoms with E-state index in [1.54, 1.807) is 38.5 Å². The summed E-state index contributed by atoms with van der Waals surface area (Å²) in [5, 5.41) is 3.71. The summed E-state index contributed by atoms with van der Waals surface area (Å²) in [5.41, 5.74) is 1.55. The molecule has 2 aromatic rings. The fourth-order valence-electron chi connectivity index (χ4n) is 2.16. The fraction of sp³-hybridized carbons (Fsp3) is 0.278. The summed E-state index contributed by atoms with van der Waals surface area (Å²) in [6, 6.07) is 8.75. The largest absolute Gasteiger partial charge is 0.493 e. The van der Waals surface area contributed by atoms with Crippen molar-refractivity contribution in [1.82, 2.24) is 0 Å². The minimum absolute atomic E-state index is 0.142. The van der Waals surface area contributed by atoms with Crippen molar-refractivity contribution < 1.29 is 14.3 Å². The predicted molar refractivity (Wildman–Crippen MR) is 105 cm³/mol. The van der Waals surface area contributed by atoms with E-state index >= 15 is 0 Å². The summed E-state index contributed by atoms with van der Waals surface area (Å²) in [6.45, 7) is 3.70. The number of hydrogen-bond acceptors (Lipinski definition) is 4. The van der Waals surface area contributed by atoms with Gasteiger partial charge in [-0.3, -0.25) is 4.79 Å². The van der Waals surface area contributed by atoms with Gasteiger partial charge in [-0.05, 0) is 43.7 Å². The van der Waals surface area contributed by atoms with Gasteiger partial charge < -0.3 is 14.8 Å². The molecule has 0 bridgehead atoms. The predicted octanol–water partition coefficient (Wildman–Crippen LogP) is 5.44. The van der Waals surface area contributed by atoms with E-state index in [-0.39, 0.29) is 11.2 Å². The number of hydrogen-bond donors (Lipinski definition) is 1. The Bertz CT molecular complexity index is 783. The average molecular weight is 400 g/mol. The lowest BCUT2D eigenvalue weighted by atomic mass is 10.1. The molecular weight excluding hydrogens is 381 g/mol. The van der Waals surface area contributed by atoms with E-state index in [1.165, 1.54) is 11.8 Å². The molecule has 0 aliphatic carbocycles. The number of methoxy groups -OCH3 is 2. The summed E-state index contributed by atoms with van der Waals surface area (Å²) < 4.78 is 10.5. The van der Waals surface area contributed by atoms with Gasteiger partial charge >= 0.3 is 0 Å². The summed E-state index contributed by atoms with van der Waals surface area (Å²) >= 11 is 13.5. The third kappa shape index (κ3) is 4.97. The zero-order chi connectivity index (χ0) is 18.6. The van der Waals surface area contributed by atoms with Crippen molar-refractivity contribution in [3.63, 3.8) is 0 Å². The Balaban J connectivity index is 2.14. The standard InChI is InChI=1S/C18H19Cl2NO3S/c1-10-7-15(23-3)16(24-4)9-14(10)21-18(22)11(2)25-17-8-12(19)5-6-13(17)20/h5-9,11H,1-4H3,(H,21,22). The Labute approximate surface area is 161 Å². The lowest BCUT2D eigenvalue weighted by molar-refractivity contribution is -0.115. The second-order valence-electron chi connectivity index (χ2n) is 5.35. The van der Waals surface area contributed by atoms with Gasteiger partial charge in [0.1, 0.15) is 0 Å². The van der Waals surface area contributed by atoms with Crippen molar-refractivity contribution in [2.75, 3.05) is 19.5 Å². The van der Waals surface area contributed by atoms with Crippen LogP contribution < -0.4 is 14.8 Å². The van der Waals surface area contributed by atoms with Gasteiger partial charge in [0, 0.05) is 21.7 Å². The Hall–Kier alpha value is -1.56. The number of halogens is 2. The van der Waals surface area contributed by atoms with Crippen LogP contribution in [0, 0.1) is 6.92 Å². The molecule has 0 saturated heterocycles. The molecule has 0 fully saturated rings. The van der Waals surface area contributed by atoms with Crippen molar-refractivity contribution in [3.8, 4) is 11.5 Å². The second-order valence-corrected chi connectivity index (χ2v) is 7.57. The molecule has 7 heteroatoms. The number of carbonyl (C=O) groups is 1. The first-order chi connectivity index (χ1) is 11.8. The van der Waals surface area contributed by atoms with Gasteiger partial charge in [0.2, 0.25) is 5.91 Å². The van der Waals surface area contributed by atoms with Gasteiger partial charge in [-0.1, -0.05) is 23.2 Å². The Morgan fingerprint density at radius 1 is 1.12 bits per heavy atom. The van der Waals surface area contributed by atoms with Gasteiger partial charge in [-0.2, -0.15) is 0 Å². The molecule has 0 heterocycles. The highest BCUT2D eigenvalue weighted by atomic mass is 35.5. The Morgan fingerprint density at radius 2 is 1.76 bits per heavy atom. The number of ether oxygens (including phenoxy) is 2. The first-order valence-corrected chi connectivity index (χ1v) is 9.14. The molecule has 2 rings (SSSR count). The van der Waals surface area contributed by atoms with Crippen molar-refractivity contribution in [3.05, 3.63) is 45.9 Å². The maximum atomic E-state index is 12.5. The van der Waals surface area contributed by atoms with Crippen LogP contribution >= 0.6 is 35.0 Å². The average Bonchev–Trinajstić information content (AvgIpc) is 2.59. The van der Waals surface area contributed by atoms with Crippen LogP contribution in [0.1, 0.15) is 12.5 Å². The summed E-state index contributed by atoms with van der Waals surface area (Å²) in [7, 11) is 3.13.